The van der Waals surface area contributed by atoms with Crippen LogP contribution in [0.4, 0.5) is 0 Å². The molecule has 1 N–H and O–H groups in total. The summed E-state index contributed by atoms with van der Waals surface area (Å²) in [5.74, 6) is 0.570. The zero-order valence-electron chi connectivity index (χ0n) is 9.91. The highest BCUT2D eigenvalue weighted by Crippen LogP contribution is 2.12. The first kappa shape index (κ1) is 12.0. The minimum atomic E-state index is 0.0383. The molecular weight excluding hydrogens is 192 g/mol. The lowest BCUT2D eigenvalue weighted by Crippen LogP contribution is -2.61. The molecule has 0 aromatic carbocycles. The summed E-state index contributed by atoms with van der Waals surface area (Å²) < 4.78 is 0. The molecule has 1 aliphatic heterocycles. The number of nitrogens with one attached hydrogen (secondary N) is 1. The van der Waals surface area contributed by atoms with Crippen LogP contribution in [0.1, 0.15) is 27.7 Å². The van der Waals surface area contributed by atoms with Crippen LogP contribution < -0.4 is 5.32 Å². The van der Waals surface area contributed by atoms with E-state index in [-0.39, 0.29) is 23.8 Å². The SMILES string of the molecule is CC(=O)N1CC(NC(=O)[C@H](C)C(C)C)C1. The van der Waals surface area contributed by atoms with Gasteiger partial charge in [-0.05, 0) is 5.92 Å². The predicted molar refractivity (Wildman–Crippen MR) is 58.2 cm³/mol. The van der Waals surface area contributed by atoms with Gasteiger partial charge in [0, 0.05) is 25.9 Å². The zero-order valence-corrected chi connectivity index (χ0v) is 9.91. The molecular formula is C11H20N2O2. The molecule has 0 spiro atoms. The van der Waals surface area contributed by atoms with Crippen molar-refractivity contribution in [3.63, 3.8) is 0 Å². The average molecular weight is 212 g/mol. The second kappa shape index (κ2) is 4.64. The van der Waals surface area contributed by atoms with E-state index in [0.717, 1.165) is 0 Å². The molecule has 15 heavy (non-hydrogen) atoms. The second-order valence-electron chi connectivity index (χ2n) is 4.66. The number of nitrogens with zero attached hydrogens (tertiary/aromatic N) is 1. The van der Waals surface area contributed by atoms with Gasteiger partial charge in [0.1, 0.15) is 0 Å². The van der Waals surface area contributed by atoms with Crippen molar-refractivity contribution in [2.24, 2.45) is 11.8 Å². The molecule has 1 fully saturated rings. The molecule has 1 atom stereocenters. The Kier molecular flexibility index (Phi) is 3.72. The molecule has 4 nitrogen and oxygen atoms in total. The summed E-state index contributed by atoms with van der Waals surface area (Å²) in [5.41, 5.74) is 0. The molecule has 1 rings (SSSR count). The highest BCUT2D eigenvalue weighted by Gasteiger charge is 2.30. The van der Waals surface area contributed by atoms with Crippen LogP contribution in [0.5, 0.6) is 0 Å². The molecule has 4 heteroatoms. The van der Waals surface area contributed by atoms with Gasteiger partial charge in [-0.2, -0.15) is 0 Å². The standard InChI is InChI=1S/C11H20N2O2/c1-7(2)8(3)11(15)12-10-5-13(6-10)9(4)14/h7-8,10H,5-6H2,1-4H3,(H,12,15)/t8-/m1/s1. The molecule has 0 aliphatic carbocycles. The van der Waals surface area contributed by atoms with Crippen LogP contribution >= 0.6 is 0 Å². The quantitative estimate of drug-likeness (QED) is 0.745. The van der Waals surface area contributed by atoms with E-state index in [2.05, 4.69) is 5.32 Å². The van der Waals surface area contributed by atoms with Crippen LogP contribution in [0.25, 0.3) is 0 Å². The topological polar surface area (TPSA) is 49.4 Å². The molecule has 0 aromatic heterocycles. The van der Waals surface area contributed by atoms with Crippen LogP contribution in [0.2, 0.25) is 0 Å². The predicted octanol–water partition coefficient (Wildman–Crippen LogP) is 0.625. The number of likely N-dealkylation sites (tertiary alicyclic amines) is 1. The van der Waals surface area contributed by atoms with Gasteiger partial charge in [-0.15, -0.1) is 0 Å². The highest BCUT2D eigenvalue weighted by atomic mass is 16.2. The molecule has 1 saturated heterocycles. The smallest absolute Gasteiger partial charge is 0.223 e. The van der Waals surface area contributed by atoms with Gasteiger partial charge in [-0.3, -0.25) is 9.59 Å². The van der Waals surface area contributed by atoms with Gasteiger partial charge in [0.2, 0.25) is 11.8 Å². The molecule has 1 heterocycles. The third-order valence-electron chi connectivity index (χ3n) is 3.09. The lowest BCUT2D eigenvalue weighted by Gasteiger charge is -2.39. The molecule has 0 bridgehead atoms. The van der Waals surface area contributed by atoms with E-state index in [1.165, 1.54) is 0 Å². The van der Waals surface area contributed by atoms with E-state index >= 15 is 0 Å². The maximum absolute atomic E-state index is 11.6. The van der Waals surface area contributed by atoms with Gasteiger partial charge in [0.05, 0.1) is 6.04 Å². The van der Waals surface area contributed by atoms with Crippen molar-refractivity contribution in [1.82, 2.24) is 10.2 Å². The van der Waals surface area contributed by atoms with E-state index < -0.39 is 0 Å². The third-order valence-corrected chi connectivity index (χ3v) is 3.09. The lowest BCUT2D eigenvalue weighted by molar-refractivity contribution is -0.137. The Labute approximate surface area is 91.0 Å². The highest BCUT2D eigenvalue weighted by molar-refractivity contribution is 5.80. The van der Waals surface area contributed by atoms with E-state index in [1.54, 1.807) is 11.8 Å². The molecule has 0 aromatic rings. The number of hydrogen-bond acceptors (Lipinski definition) is 2. The van der Waals surface area contributed by atoms with Crippen LogP contribution in [0.3, 0.4) is 0 Å². The summed E-state index contributed by atoms with van der Waals surface area (Å²) in [6.07, 6.45) is 0. The molecule has 0 unspecified atom stereocenters. The Morgan fingerprint density at radius 2 is 1.80 bits per heavy atom. The summed E-state index contributed by atoms with van der Waals surface area (Å²) in [4.78, 5) is 24.3. The van der Waals surface area contributed by atoms with Crippen LogP contribution in [0, 0.1) is 11.8 Å². The fraction of sp³-hybridized carbons (Fsp3) is 0.818. The molecule has 86 valence electrons. The molecule has 2 amide bonds. The van der Waals surface area contributed by atoms with Crippen molar-refractivity contribution in [2.75, 3.05) is 13.1 Å². The molecule has 0 saturated carbocycles. The largest absolute Gasteiger partial charge is 0.350 e. The maximum Gasteiger partial charge on any atom is 0.223 e. The number of carbonyl (C=O) groups is 2. The summed E-state index contributed by atoms with van der Waals surface area (Å²) in [6, 6.07) is 0.155. The van der Waals surface area contributed by atoms with Crippen molar-refractivity contribution >= 4 is 11.8 Å². The Hall–Kier alpha value is -1.06. The summed E-state index contributed by atoms with van der Waals surface area (Å²) in [7, 11) is 0. The first-order chi connectivity index (χ1) is 6.91. The van der Waals surface area contributed by atoms with Crippen molar-refractivity contribution in [3.05, 3.63) is 0 Å². The van der Waals surface area contributed by atoms with Gasteiger partial charge < -0.3 is 10.2 Å². The minimum absolute atomic E-state index is 0.0383. The van der Waals surface area contributed by atoms with E-state index in [4.69, 9.17) is 0 Å². The van der Waals surface area contributed by atoms with Crippen molar-refractivity contribution in [2.45, 2.75) is 33.7 Å². The number of carbonyl (C=O) groups excluding carboxylic acids is 2. The van der Waals surface area contributed by atoms with E-state index in [1.807, 2.05) is 20.8 Å². The molecule has 0 radical (unpaired) electrons. The van der Waals surface area contributed by atoms with Crippen LogP contribution in [0.15, 0.2) is 0 Å². The van der Waals surface area contributed by atoms with Crippen molar-refractivity contribution < 1.29 is 9.59 Å². The minimum Gasteiger partial charge on any atom is -0.350 e. The van der Waals surface area contributed by atoms with Gasteiger partial charge in [0.15, 0.2) is 0 Å². The van der Waals surface area contributed by atoms with Gasteiger partial charge in [0.25, 0.3) is 0 Å². The zero-order chi connectivity index (χ0) is 11.6. The summed E-state index contributed by atoms with van der Waals surface area (Å²) in [6.45, 7) is 8.87. The maximum atomic E-state index is 11.6. The Balaban J connectivity index is 2.27. The monoisotopic (exact) mass is 212 g/mol. The first-order valence-corrected chi connectivity index (χ1v) is 5.47. The van der Waals surface area contributed by atoms with Crippen LogP contribution in [-0.4, -0.2) is 35.8 Å². The van der Waals surface area contributed by atoms with Gasteiger partial charge >= 0.3 is 0 Å². The number of rotatable bonds is 3. The average Bonchev–Trinajstić information content (AvgIpc) is 2.07. The second-order valence-corrected chi connectivity index (χ2v) is 4.66. The summed E-state index contributed by atoms with van der Waals surface area (Å²) >= 11 is 0. The third kappa shape index (κ3) is 2.94. The van der Waals surface area contributed by atoms with Crippen molar-refractivity contribution in [3.8, 4) is 0 Å². The van der Waals surface area contributed by atoms with Crippen LogP contribution in [-0.2, 0) is 9.59 Å². The molecule has 1 aliphatic rings. The van der Waals surface area contributed by atoms with Gasteiger partial charge in [-0.1, -0.05) is 20.8 Å². The number of hydrogen-bond donors (Lipinski definition) is 1. The first-order valence-electron chi connectivity index (χ1n) is 5.47. The Bertz CT molecular complexity index is 257. The Morgan fingerprint density at radius 3 is 2.20 bits per heavy atom. The van der Waals surface area contributed by atoms with Gasteiger partial charge in [-0.25, -0.2) is 0 Å². The van der Waals surface area contributed by atoms with Crippen molar-refractivity contribution in [1.29, 1.82) is 0 Å². The van der Waals surface area contributed by atoms with E-state index in [9.17, 15) is 9.59 Å². The van der Waals surface area contributed by atoms with E-state index in [0.29, 0.717) is 19.0 Å². The number of amides is 2. The summed E-state index contributed by atoms with van der Waals surface area (Å²) in [5, 5.41) is 2.95. The fourth-order valence-corrected chi connectivity index (χ4v) is 1.46. The lowest BCUT2D eigenvalue weighted by atomic mass is 9.96. The fourth-order valence-electron chi connectivity index (χ4n) is 1.46. The normalized spacial score (nSPS) is 18.6. The Morgan fingerprint density at radius 1 is 1.27 bits per heavy atom.